The van der Waals surface area contributed by atoms with Crippen molar-refractivity contribution in [2.75, 3.05) is 32.6 Å². The fourth-order valence-electron chi connectivity index (χ4n) is 2.50. The van der Waals surface area contributed by atoms with Crippen LogP contribution < -0.4 is 15.8 Å². The number of hydrogen-bond acceptors (Lipinski definition) is 4. The van der Waals surface area contributed by atoms with Crippen LogP contribution in [-0.2, 0) is 4.79 Å². The first kappa shape index (κ1) is 22.0. The van der Waals surface area contributed by atoms with E-state index < -0.39 is 5.54 Å². The third-order valence-corrected chi connectivity index (χ3v) is 3.85. The molecule has 1 saturated carbocycles. The molecular weight excluding hydrogens is 337 g/mol. The van der Waals surface area contributed by atoms with Gasteiger partial charge in [0.05, 0.1) is 5.54 Å². The first-order valence-corrected chi connectivity index (χ1v) is 7.47. The van der Waals surface area contributed by atoms with Gasteiger partial charge in [-0.1, -0.05) is 18.9 Å². The number of hydrogen-bond donors (Lipinski definition) is 2. The van der Waals surface area contributed by atoms with Crippen molar-refractivity contribution >= 4 is 36.4 Å². The summed E-state index contributed by atoms with van der Waals surface area (Å²) in [6.45, 7) is 1.47. The zero-order valence-electron chi connectivity index (χ0n) is 13.7. The molecule has 1 aliphatic carbocycles. The summed E-state index contributed by atoms with van der Waals surface area (Å²) in [6.07, 6.45) is 3.57. The number of likely N-dealkylation sites (N-methyl/N-ethyl adjacent to an activating group) is 1. The molecule has 23 heavy (non-hydrogen) atoms. The van der Waals surface area contributed by atoms with E-state index >= 15 is 0 Å². The Balaban J connectivity index is 0.00000242. The highest BCUT2D eigenvalue weighted by atomic mass is 35.5. The Hall–Kier alpha value is -1.01. The second-order valence-corrected chi connectivity index (χ2v) is 6.00. The van der Waals surface area contributed by atoms with Crippen molar-refractivity contribution < 1.29 is 9.53 Å². The number of ether oxygens (including phenoxy) is 1. The molecule has 1 amide bonds. The van der Waals surface area contributed by atoms with E-state index in [0.717, 1.165) is 43.7 Å². The molecule has 2 rings (SSSR count). The Morgan fingerprint density at radius 1 is 1.30 bits per heavy atom. The zero-order valence-corrected chi connectivity index (χ0v) is 15.3. The van der Waals surface area contributed by atoms with Crippen molar-refractivity contribution in [2.45, 2.75) is 31.2 Å². The third kappa shape index (κ3) is 6.55. The van der Waals surface area contributed by atoms with E-state index in [1.165, 1.54) is 0 Å². The third-order valence-electron chi connectivity index (χ3n) is 3.85. The van der Waals surface area contributed by atoms with Crippen LogP contribution >= 0.6 is 24.8 Å². The number of nitrogens with zero attached hydrogens (tertiary/aromatic N) is 1. The maximum absolute atomic E-state index is 12.3. The van der Waals surface area contributed by atoms with E-state index in [1.54, 1.807) is 0 Å². The average molecular weight is 364 g/mol. The van der Waals surface area contributed by atoms with Gasteiger partial charge in [-0.25, -0.2) is 0 Å². The van der Waals surface area contributed by atoms with Crippen LogP contribution in [0.3, 0.4) is 0 Å². The highest BCUT2D eigenvalue weighted by Gasteiger charge is 2.36. The molecule has 0 heterocycles. The van der Waals surface area contributed by atoms with Crippen molar-refractivity contribution in [1.82, 2.24) is 4.90 Å². The quantitative estimate of drug-likeness (QED) is 0.815. The van der Waals surface area contributed by atoms with Crippen molar-refractivity contribution in [3.05, 3.63) is 24.3 Å². The second kappa shape index (κ2) is 9.98. The van der Waals surface area contributed by atoms with Gasteiger partial charge in [0.2, 0.25) is 5.91 Å². The molecule has 0 aromatic heterocycles. The monoisotopic (exact) mass is 363 g/mol. The molecule has 1 fully saturated rings. The highest BCUT2D eigenvalue weighted by Crippen LogP contribution is 2.28. The number of carbonyl (C=O) groups excluding carboxylic acids is 1. The van der Waals surface area contributed by atoms with Gasteiger partial charge in [-0.15, -0.1) is 24.8 Å². The molecule has 0 bridgehead atoms. The minimum absolute atomic E-state index is 0. The van der Waals surface area contributed by atoms with Gasteiger partial charge >= 0.3 is 0 Å². The predicted molar refractivity (Wildman–Crippen MR) is 99.0 cm³/mol. The van der Waals surface area contributed by atoms with Crippen LogP contribution in [0.15, 0.2) is 24.3 Å². The Morgan fingerprint density at radius 3 is 2.57 bits per heavy atom. The Bertz CT molecular complexity index is 492. The van der Waals surface area contributed by atoms with Crippen LogP contribution in [0.5, 0.6) is 5.75 Å². The molecule has 1 aliphatic rings. The lowest BCUT2D eigenvalue weighted by Gasteiger charge is -2.22. The minimum atomic E-state index is -0.707. The molecular formula is C16H27Cl2N3O2. The summed E-state index contributed by atoms with van der Waals surface area (Å²) in [5, 5.41) is 2.91. The smallest absolute Gasteiger partial charge is 0.244 e. The van der Waals surface area contributed by atoms with Crippen molar-refractivity contribution in [3.63, 3.8) is 0 Å². The Labute approximate surface area is 150 Å². The van der Waals surface area contributed by atoms with E-state index in [1.807, 2.05) is 38.4 Å². The number of benzene rings is 1. The lowest BCUT2D eigenvalue weighted by molar-refractivity contribution is -0.121. The van der Waals surface area contributed by atoms with Gasteiger partial charge in [0, 0.05) is 18.3 Å². The summed E-state index contributed by atoms with van der Waals surface area (Å²) in [4.78, 5) is 14.3. The maximum atomic E-state index is 12.3. The molecule has 3 N–H and O–H groups in total. The second-order valence-electron chi connectivity index (χ2n) is 6.00. The van der Waals surface area contributed by atoms with Crippen LogP contribution in [-0.4, -0.2) is 43.6 Å². The van der Waals surface area contributed by atoms with Crippen molar-refractivity contribution in [1.29, 1.82) is 0 Å². The number of nitrogens with two attached hydrogens (primary N) is 1. The summed E-state index contributed by atoms with van der Waals surface area (Å²) in [6, 6.07) is 7.46. The molecule has 0 spiro atoms. The van der Waals surface area contributed by atoms with Gasteiger partial charge in [0.15, 0.2) is 0 Å². The number of halogens is 2. The molecule has 0 saturated heterocycles. The first-order chi connectivity index (χ1) is 9.99. The molecule has 0 unspecified atom stereocenters. The minimum Gasteiger partial charge on any atom is -0.492 e. The van der Waals surface area contributed by atoms with Gasteiger partial charge in [-0.05, 0) is 39.1 Å². The lowest BCUT2D eigenvalue weighted by atomic mass is 9.98. The van der Waals surface area contributed by atoms with Crippen LogP contribution in [0.1, 0.15) is 25.7 Å². The zero-order chi connectivity index (χ0) is 15.3. The number of nitrogens with one attached hydrogen (secondary N) is 1. The van der Waals surface area contributed by atoms with Gasteiger partial charge < -0.3 is 20.7 Å². The Morgan fingerprint density at radius 2 is 1.96 bits per heavy atom. The van der Waals surface area contributed by atoms with Gasteiger partial charge in [0.1, 0.15) is 12.4 Å². The molecule has 132 valence electrons. The van der Waals surface area contributed by atoms with Crippen LogP contribution in [0.4, 0.5) is 5.69 Å². The van der Waals surface area contributed by atoms with Gasteiger partial charge in [-0.3, -0.25) is 4.79 Å². The Kier molecular flexibility index (Phi) is 9.54. The normalized spacial score (nSPS) is 15.5. The standard InChI is InChI=1S/C16H25N3O2.2ClH/c1-19(2)10-11-21-14-7-5-6-13(12-14)18-15(20)16(17)8-3-4-9-16;;/h5-7,12H,3-4,8-11,17H2,1-2H3,(H,18,20);2*1H. The molecule has 7 heteroatoms. The van der Waals surface area contributed by atoms with E-state index in [9.17, 15) is 4.79 Å². The average Bonchev–Trinajstić information content (AvgIpc) is 2.87. The van der Waals surface area contributed by atoms with E-state index in [0.29, 0.717) is 6.61 Å². The number of rotatable bonds is 6. The van der Waals surface area contributed by atoms with Crippen molar-refractivity contribution in [3.8, 4) is 5.75 Å². The molecule has 0 atom stereocenters. The number of anilines is 1. The lowest BCUT2D eigenvalue weighted by Crippen LogP contribution is -2.48. The van der Waals surface area contributed by atoms with Gasteiger partial charge in [0.25, 0.3) is 0 Å². The summed E-state index contributed by atoms with van der Waals surface area (Å²) in [7, 11) is 4.00. The summed E-state index contributed by atoms with van der Waals surface area (Å²) < 4.78 is 5.67. The maximum Gasteiger partial charge on any atom is 0.244 e. The van der Waals surface area contributed by atoms with Crippen LogP contribution in [0.2, 0.25) is 0 Å². The fraction of sp³-hybridized carbons (Fsp3) is 0.562. The summed E-state index contributed by atoms with van der Waals surface area (Å²) >= 11 is 0. The highest BCUT2D eigenvalue weighted by molar-refractivity contribution is 5.98. The summed E-state index contributed by atoms with van der Waals surface area (Å²) in [5.41, 5.74) is 6.18. The van der Waals surface area contributed by atoms with Gasteiger partial charge in [-0.2, -0.15) is 0 Å². The SMILES string of the molecule is CN(C)CCOc1cccc(NC(=O)C2(N)CCCC2)c1.Cl.Cl. The molecule has 0 aliphatic heterocycles. The van der Waals surface area contributed by atoms with Crippen molar-refractivity contribution in [2.24, 2.45) is 5.73 Å². The van der Waals surface area contributed by atoms with E-state index in [4.69, 9.17) is 10.5 Å². The fourth-order valence-corrected chi connectivity index (χ4v) is 2.50. The number of amides is 1. The number of carbonyl (C=O) groups is 1. The predicted octanol–water partition coefficient (Wildman–Crippen LogP) is 2.68. The van der Waals surface area contributed by atoms with Crippen LogP contribution in [0, 0.1) is 0 Å². The molecule has 1 aromatic carbocycles. The van der Waals surface area contributed by atoms with Crippen LogP contribution in [0.25, 0.3) is 0 Å². The summed E-state index contributed by atoms with van der Waals surface area (Å²) in [5.74, 6) is 0.664. The molecule has 1 aromatic rings. The first-order valence-electron chi connectivity index (χ1n) is 7.47. The largest absolute Gasteiger partial charge is 0.492 e. The van der Waals surface area contributed by atoms with E-state index in [2.05, 4.69) is 10.2 Å². The molecule has 0 radical (unpaired) electrons. The topological polar surface area (TPSA) is 67.6 Å². The van der Waals surface area contributed by atoms with E-state index in [-0.39, 0.29) is 30.7 Å². The molecule has 5 nitrogen and oxygen atoms in total.